The van der Waals surface area contributed by atoms with Crippen LogP contribution in [0.25, 0.3) is 11.4 Å². The van der Waals surface area contributed by atoms with Crippen LogP contribution in [0.3, 0.4) is 0 Å². The molecule has 3 atom stereocenters. The van der Waals surface area contributed by atoms with Crippen molar-refractivity contribution in [1.82, 2.24) is 9.97 Å². The third-order valence-electron chi connectivity index (χ3n) is 4.40. The van der Waals surface area contributed by atoms with Gasteiger partial charge in [0.15, 0.2) is 5.82 Å². The first-order valence-electron chi connectivity index (χ1n) is 7.21. The molecule has 2 aliphatic rings. The molecule has 0 bridgehead atoms. The molecule has 100 valence electrons. The molecular formula is C17H17N3. The second-order valence-electron chi connectivity index (χ2n) is 5.65. The van der Waals surface area contributed by atoms with Gasteiger partial charge in [-0.3, -0.25) is 0 Å². The topological polar surface area (TPSA) is 37.8 Å². The fourth-order valence-corrected chi connectivity index (χ4v) is 3.24. The van der Waals surface area contributed by atoms with Crippen molar-refractivity contribution in [3.8, 4) is 11.4 Å². The third kappa shape index (κ3) is 1.99. The lowest BCUT2D eigenvalue weighted by atomic mass is 9.71. The molecule has 1 saturated carbocycles. The summed E-state index contributed by atoms with van der Waals surface area (Å²) in [5.41, 5.74) is 2.08. The van der Waals surface area contributed by atoms with Gasteiger partial charge in [-0.2, -0.15) is 0 Å². The summed E-state index contributed by atoms with van der Waals surface area (Å²) in [7, 11) is 0. The lowest BCUT2D eigenvalue weighted by Crippen LogP contribution is -2.43. The molecule has 2 aromatic rings. The number of rotatable bonds is 3. The molecular weight excluding hydrogens is 246 g/mol. The molecule has 4 rings (SSSR count). The molecule has 1 fully saturated rings. The summed E-state index contributed by atoms with van der Waals surface area (Å²) in [6.07, 6.45) is 11.0. The lowest BCUT2D eigenvalue weighted by Gasteiger charge is -2.41. The van der Waals surface area contributed by atoms with Gasteiger partial charge in [0.25, 0.3) is 0 Å². The number of hydrogen-bond acceptors (Lipinski definition) is 3. The van der Waals surface area contributed by atoms with Crippen LogP contribution in [0.2, 0.25) is 0 Å². The zero-order chi connectivity index (χ0) is 13.4. The highest BCUT2D eigenvalue weighted by Gasteiger charge is 2.40. The Labute approximate surface area is 118 Å². The van der Waals surface area contributed by atoms with Crippen LogP contribution in [0.4, 0.5) is 5.69 Å². The minimum absolute atomic E-state index is 0.560. The summed E-state index contributed by atoms with van der Waals surface area (Å²) in [6, 6.07) is 10.6. The molecule has 0 radical (unpaired) electrons. The summed E-state index contributed by atoms with van der Waals surface area (Å²) in [5, 5.41) is 3.55. The largest absolute Gasteiger partial charge is 0.379 e. The molecule has 1 N–H and O–H groups in total. The van der Waals surface area contributed by atoms with Crippen molar-refractivity contribution in [2.45, 2.75) is 18.9 Å². The summed E-state index contributed by atoms with van der Waals surface area (Å²) >= 11 is 0. The van der Waals surface area contributed by atoms with Gasteiger partial charge in [-0.05, 0) is 18.8 Å². The first-order chi connectivity index (χ1) is 9.90. The van der Waals surface area contributed by atoms with E-state index in [1.807, 2.05) is 42.7 Å². The van der Waals surface area contributed by atoms with Crippen LogP contribution in [-0.2, 0) is 0 Å². The van der Waals surface area contributed by atoms with E-state index in [4.69, 9.17) is 0 Å². The van der Waals surface area contributed by atoms with Crippen LogP contribution in [0.15, 0.2) is 54.9 Å². The fourth-order valence-electron chi connectivity index (χ4n) is 3.24. The normalized spacial score (nSPS) is 26.9. The molecule has 1 heterocycles. The zero-order valence-corrected chi connectivity index (χ0v) is 11.2. The second kappa shape index (κ2) is 4.75. The van der Waals surface area contributed by atoms with Crippen LogP contribution in [-0.4, -0.2) is 16.0 Å². The minimum atomic E-state index is 0.560. The van der Waals surface area contributed by atoms with Crippen LogP contribution in [0.1, 0.15) is 12.8 Å². The Morgan fingerprint density at radius 1 is 1.05 bits per heavy atom. The molecule has 0 aliphatic heterocycles. The van der Waals surface area contributed by atoms with Crippen molar-refractivity contribution in [1.29, 1.82) is 0 Å². The number of anilines is 1. The van der Waals surface area contributed by atoms with E-state index in [0.29, 0.717) is 12.0 Å². The first kappa shape index (κ1) is 11.6. The molecule has 20 heavy (non-hydrogen) atoms. The number of allylic oxidation sites excluding steroid dienone is 1. The van der Waals surface area contributed by atoms with E-state index in [2.05, 4.69) is 27.4 Å². The van der Waals surface area contributed by atoms with Crippen LogP contribution < -0.4 is 5.32 Å². The molecule has 3 nitrogen and oxygen atoms in total. The van der Waals surface area contributed by atoms with Crippen molar-refractivity contribution in [2.24, 2.45) is 11.8 Å². The highest BCUT2D eigenvalue weighted by atomic mass is 15.0. The number of nitrogens with zero attached hydrogens (tertiary/aromatic N) is 2. The summed E-state index contributed by atoms with van der Waals surface area (Å²) in [6.45, 7) is 0. The number of nitrogens with one attached hydrogen (secondary N) is 1. The average Bonchev–Trinajstić information content (AvgIpc) is 2.88. The molecule has 0 amide bonds. The zero-order valence-electron chi connectivity index (χ0n) is 11.2. The quantitative estimate of drug-likeness (QED) is 0.861. The van der Waals surface area contributed by atoms with Gasteiger partial charge in [-0.15, -0.1) is 0 Å². The molecule has 2 aliphatic carbocycles. The van der Waals surface area contributed by atoms with E-state index in [-0.39, 0.29) is 0 Å². The third-order valence-corrected chi connectivity index (χ3v) is 4.40. The minimum Gasteiger partial charge on any atom is -0.379 e. The number of hydrogen-bond donors (Lipinski definition) is 1. The van der Waals surface area contributed by atoms with Crippen molar-refractivity contribution in [2.75, 3.05) is 5.32 Å². The van der Waals surface area contributed by atoms with Gasteiger partial charge in [0.05, 0.1) is 18.1 Å². The van der Waals surface area contributed by atoms with E-state index in [0.717, 1.165) is 23.0 Å². The number of benzene rings is 1. The van der Waals surface area contributed by atoms with Gasteiger partial charge in [-0.25, -0.2) is 9.97 Å². The average molecular weight is 263 g/mol. The maximum absolute atomic E-state index is 4.45. The van der Waals surface area contributed by atoms with Crippen LogP contribution >= 0.6 is 0 Å². The SMILES string of the molecule is C1=CC2C(C1)CC2Nc1cnc(-c2ccccc2)nc1. The highest BCUT2D eigenvalue weighted by molar-refractivity contribution is 5.56. The van der Waals surface area contributed by atoms with E-state index < -0.39 is 0 Å². The monoisotopic (exact) mass is 263 g/mol. The van der Waals surface area contributed by atoms with Gasteiger partial charge >= 0.3 is 0 Å². The predicted molar refractivity (Wildman–Crippen MR) is 80.2 cm³/mol. The standard InChI is InChI=1S/C17H17N3/c1-2-5-12(6-3-1)17-18-10-14(11-19-17)20-16-9-13-7-4-8-15(13)16/h1-6,8,10-11,13,15-16,20H,7,9H2. The van der Waals surface area contributed by atoms with Crippen molar-refractivity contribution < 1.29 is 0 Å². The lowest BCUT2D eigenvalue weighted by molar-refractivity contribution is 0.218. The Morgan fingerprint density at radius 2 is 1.85 bits per heavy atom. The second-order valence-corrected chi connectivity index (χ2v) is 5.65. The van der Waals surface area contributed by atoms with E-state index in [9.17, 15) is 0 Å². The molecule has 0 saturated heterocycles. The maximum Gasteiger partial charge on any atom is 0.159 e. The van der Waals surface area contributed by atoms with Crippen LogP contribution in [0.5, 0.6) is 0 Å². The summed E-state index contributed by atoms with van der Waals surface area (Å²) in [4.78, 5) is 8.91. The van der Waals surface area contributed by atoms with Crippen molar-refractivity contribution in [3.05, 3.63) is 54.9 Å². The highest BCUT2D eigenvalue weighted by Crippen LogP contribution is 2.43. The van der Waals surface area contributed by atoms with Crippen LogP contribution in [0, 0.1) is 11.8 Å². The smallest absolute Gasteiger partial charge is 0.159 e. The molecule has 1 aromatic carbocycles. The summed E-state index contributed by atoms with van der Waals surface area (Å²) < 4.78 is 0. The van der Waals surface area contributed by atoms with Gasteiger partial charge in [0.2, 0.25) is 0 Å². The van der Waals surface area contributed by atoms with Crippen molar-refractivity contribution >= 4 is 5.69 Å². The van der Waals surface area contributed by atoms with Gasteiger partial charge in [0, 0.05) is 17.5 Å². The summed E-state index contributed by atoms with van der Waals surface area (Å²) in [5.74, 6) is 2.37. The Morgan fingerprint density at radius 3 is 2.60 bits per heavy atom. The molecule has 1 aromatic heterocycles. The molecule has 0 spiro atoms. The van der Waals surface area contributed by atoms with Gasteiger partial charge in [-0.1, -0.05) is 42.5 Å². The molecule has 3 unspecified atom stereocenters. The number of fused-ring (bicyclic) bond motifs is 1. The predicted octanol–water partition coefficient (Wildman–Crippen LogP) is 3.52. The Balaban J connectivity index is 1.47. The molecule has 3 heteroatoms. The van der Waals surface area contributed by atoms with Crippen molar-refractivity contribution in [3.63, 3.8) is 0 Å². The van der Waals surface area contributed by atoms with E-state index >= 15 is 0 Å². The van der Waals surface area contributed by atoms with Gasteiger partial charge in [0.1, 0.15) is 0 Å². The van der Waals surface area contributed by atoms with Gasteiger partial charge < -0.3 is 5.32 Å². The van der Waals surface area contributed by atoms with E-state index in [1.165, 1.54) is 12.8 Å². The Hall–Kier alpha value is -2.16. The number of aromatic nitrogens is 2. The maximum atomic E-state index is 4.45. The van der Waals surface area contributed by atoms with E-state index in [1.54, 1.807) is 0 Å². The first-order valence-corrected chi connectivity index (χ1v) is 7.21. The Bertz CT molecular complexity index is 618. The fraction of sp³-hybridized carbons (Fsp3) is 0.294. The Kier molecular flexibility index (Phi) is 2.76.